The number of aromatic nitrogens is 2. The largest absolute Gasteiger partial charge is 0.361 e. The molecule has 0 spiro atoms. The van der Waals surface area contributed by atoms with Gasteiger partial charge in [0, 0.05) is 18.2 Å². The van der Waals surface area contributed by atoms with Gasteiger partial charge >= 0.3 is 10.1 Å². The van der Waals surface area contributed by atoms with E-state index in [1.165, 1.54) is 29.9 Å². The molecule has 1 heterocycles. The van der Waals surface area contributed by atoms with Gasteiger partial charge in [0.25, 0.3) is 5.69 Å². The summed E-state index contributed by atoms with van der Waals surface area (Å²) in [5.74, 6) is -0.676. The van der Waals surface area contributed by atoms with Crippen molar-refractivity contribution in [1.82, 2.24) is 9.78 Å². The summed E-state index contributed by atoms with van der Waals surface area (Å²) in [5.41, 5.74) is 2.48. The average molecular weight is 464 g/mol. The molecule has 1 atom stereocenters. The van der Waals surface area contributed by atoms with Crippen molar-refractivity contribution in [1.29, 1.82) is 0 Å². The molecule has 0 aliphatic heterocycles. The van der Waals surface area contributed by atoms with Crippen LogP contribution in [0.2, 0.25) is 0 Å². The first-order chi connectivity index (χ1) is 14.9. The molecule has 2 rings (SSSR count). The molecular weight excluding hydrogens is 434 g/mol. The van der Waals surface area contributed by atoms with E-state index in [1.807, 2.05) is 13.8 Å². The van der Waals surface area contributed by atoms with E-state index in [1.54, 1.807) is 27.7 Å². The predicted molar refractivity (Wildman–Crippen MR) is 122 cm³/mol. The molecule has 9 nitrogen and oxygen atoms in total. The Morgan fingerprint density at radius 1 is 1.22 bits per heavy atom. The zero-order valence-electron chi connectivity index (χ0n) is 19.4. The lowest BCUT2D eigenvalue weighted by molar-refractivity contribution is -0.385. The molecule has 0 radical (unpaired) electrons. The number of nitrogens with zero attached hydrogens (tertiary/aromatic N) is 3. The molecule has 2 aromatic rings. The van der Waals surface area contributed by atoms with E-state index in [2.05, 4.69) is 5.10 Å². The fraction of sp³-hybridized carbons (Fsp3) is 0.455. The molecule has 0 N–H and O–H groups in total. The van der Waals surface area contributed by atoms with Gasteiger partial charge in [0.1, 0.15) is 5.56 Å². The number of aryl methyl sites for hydroxylation is 1. The van der Waals surface area contributed by atoms with Crippen molar-refractivity contribution in [2.45, 2.75) is 66.7 Å². The maximum absolute atomic E-state index is 13.5. The van der Waals surface area contributed by atoms with Gasteiger partial charge in [-0.1, -0.05) is 12.5 Å². The normalized spacial score (nSPS) is 12.3. The molecule has 0 amide bonds. The highest BCUT2D eigenvalue weighted by atomic mass is 32.2. The van der Waals surface area contributed by atoms with Crippen LogP contribution >= 0.6 is 0 Å². The number of benzene rings is 1. The molecule has 1 unspecified atom stereocenters. The van der Waals surface area contributed by atoms with Crippen molar-refractivity contribution in [2.75, 3.05) is 0 Å². The Balaban J connectivity index is 2.70. The molecule has 0 aliphatic carbocycles. The highest BCUT2D eigenvalue weighted by Gasteiger charge is 2.30. The number of nitro benzene ring substituents is 1. The topological polar surface area (TPSA) is 121 Å². The number of carbonyl (C=O) groups is 1. The molecule has 174 valence electrons. The second-order valence-corrected chi connectivity index (χ2v) is 9.77. The number of hydrogen-bond donors (Lipinski definition) is 0. The van der Waals surface area contributed by atoms with Crippen LogP contribution < -0.4 is 4.18 Å². The summed E-state index contributed by atoms with van der Waals surface area (Å²) < 4.78 is 31.8. The minimum absolute atomic E-state index is 0.0171. The lowest BCUT2D eigenvalue weighted by atomic mass is 9.90. The second kappa shape index (κ2) is 9.64. The Morgan fingerprint density at radius 3 is 2.34 bits per heavy atom. The molecule has 32 heavy (non-hydrogen) atoms. The third-order valence-electron chi connectivity index (χ3n) is 5.61. The predicted octanol–water partition coefficient (Wildman–Crippen LogP) is 4.67. The van der Waals surface area contributed by atoms with E-state index in [0.29, 0.717) is 29.7 Å². The first-order valence-corrected chi connectivity index (χ1v) is 11.8. The molecule has 0 aliphatic rings. The van der Waals surface area contributed by atoms with Gasteiger partial charge in [0.2, 0.25) is 5.88 Å². The van der Waals surface area contributed by atoms with Crippen LogP contribution in [0.5, 0.6) is 5.88 Å². The third kappa shape index (κ3) is 4.74. The highest BCUT2D eigenvalue weighted by molar-refractivity contribution is 7.87. The lowest BCUT2D eigenvalue weighted by Gasteiger charge is -2.15. The lowest BCUT2D eigenvalue weighted by Crippen LogP contribution is -2.24. The fourth-order valence-electron chi connectivity index (χ4n) is 3.20. The molecular formula is C22H29N3O6S. The number of ketones is 1. The summed E-state index contributed by atoms with van der Waals surface area (Å²) in [5, 5.41) is 14.9. The molecule has 1 aromatic heterocycles. The van der Waals surface area contributed by atoms with E-state index >= 15 is 0 Å². The SMILES string of the molecule is CCC(C)S(=O)(=O)Oc1c(C(=O)c2ccc([N+](=O)[O-])c(C(C)=C(C)C)c2C)cnn1CC. The standard InChI is InChI=1S/C22H29N3O6S/c1-8-14(5)32(29,30)31-22-18(12-23-24(22)9-2)21(26)17-10-11-19(25(27)28)20(16(17)7)15(6)13(3)4/h10-12,14H,8-9H2,1-7H3. The molecule has 0 saturated carbocycles. The van der Waals surface area contributed by atoms with Crippen LogP contribution in [0.1, 0.15) is 75.0 Å². The third-order valence-corrected chi connectivity index (χ3v) is 7.32. The van der Waals surface area contributed by atoms with Gasteiger partial charge in [0.15, 0.2) is 5.78 Å². The number of carbonyl (C=O) groups excluding carboxylic acids is 1. The van der Waals surface area contributed by atoms with Crippen molar-refractivity contribution in [2.24, 2.45) is 0 Å². The average Bonchev–Trinajstić information content (AvgIpc) is 3.13. The Labute approximate surface area is 188 Å². The molecule has 0 saturated heterocycles. The van der Waals surface area contributed by atoms with Crippen LogP contribution in [0.25, 0.3) is 5.57 Å². The second-order valence-electron chi connectivity index (χ2n) is 7.82. The Morgan fingerprint density at radius 2 is 1.84 bits per heavy atom. The smallest absolute Gasteiger partial charge is 0.313 e. The minimum atomic E-state index is -3.97. The van der Waals surface area contributed by atoms with E-state index in [0.717, 1.165) is 5.57 Å². The van der Waals surface area contributed by atoms with E-state index in [-0.39, 0.29) is 22.7 Å². The van der Waals surface area contributed by atoms with Crippen LogP contribution in [0.4, 0.5) is 5.69 Å². The van der Waals surface area contributed by atoms with E-state index in [9.17, 15) is 23.3 Å². The van der Waals surface area contributed by atoms with Crippen LogP contribution in [-0.2, 0) is 16.7 Å². The zero-order chi connectivity index (χ0) is 24.4. The number of nitro groups is 1. The summed E-state index contributed by atoms with van der Waals surface area (Å²) in [6.07, 6.45) is 1.61. The summed E-state index contributed by atoms with van der Waals surface area (Å²) in [6.45, 7) is 12.4. The van der Waals surface area contributed by atoms with Crippen molar-refractivity contribution in [3.05, 3.63) is 56.3 Å². The van der Waals surface area contributed by atoms with Gasteiger partial charge < -0.3 is 4.18 Å². The highest BCUT2D eigenvalue weighted by Crippen LogP contribution is 2.35. The quantitative estimate of drug-likeness (QED) is 0.229. The van der Waals surface area contributed by atoms with Crippen LogP contribution in [0.15, 0.2) is 23.9 Å². The monoisotopic (exact) mass is 463 g/mol. The Hall–Kier alpha value is -3.01. The maximum atomic E-state index is 13.5. The Kier molecular flexibility index (Phi) is 7.61. The van der Waals surface area contributed by atoms with Gasteiger partial charge in [0.05, 0.1) is 21.9 Å². The zero-order valence-corrected chi connectivity index (χ0v) is 20.2. The molecule has 1 aromatic carbocycles. The number of allylic oxidation sites excluding steroid dienone is 2. The van der Waals surface area contributed by atoms with Gasteiger partial charge in [-0.25, -0.2) is 4.68 Å². The fourth-order valence-corrected chi connectivity index (χ4v) is 4.17. The van der Waals surface area contributed by atoms with Gasteiger partial charge in [-0.15, -0.1) is 0 Å². The Bertz CT molecular complexity index is 1190. The summed E-state index contributed by atoms with van der Waals surface area (Å²) in [4.78, 5) is 24.6. The summed E-state index contributed by atoms with van der Waals surface area (Å²) in [6, 6.07) is 2.68. The van der Waals surface area contributed by atoms with Crippen molar-refractivity contribution in [3.8, 4) is 5.88 Å². The number of hydrogen-bond acceptors (Lipinski definition) is 7. The van der Waals surface area contributed by atoms with Crippen molar-refractivity contribution < 1.29 is 22.3 Å². The van der Waals surface area contributed by atoms with Crippen molar-refractivity contribution in [3.63, 3.8) is 0 Å². The summed E-state index contributed by atoms with van der Waals surface area (Å²) >= 11 is 0. The maximum Gasteiger partial charge on any atom is 0.313 e. The number of rotatable bonds is 9. The van der Waals surface area contributed by atoms with Crippen molar-refractivity contribution >= 4 is 27.2 Å². The van der Waals surface area contributed by atoms with Crippen LogP contribution in [-0.4, -0.2) is 34.2 Å². The first kappa shape index (κ1) is 25.3. The van der Waals surface area contributed by atoms with Crippen LogP contribution in [0.3, 0.4) is 0 Å². The van der Waals surface area contributed by atoms with Crippen LogP contribution in [0, 0.1) is 17.0 Å². The van der Waals surface area contributed by atoms with Gasteiger partial charge in [-0.3, -0.25) is 14.9 Å². The first-order valence-electron chi connectivity index (χ1n) is 10.3. The van der Waals surface area contributed by atoms with Gasteiger partial charge in [-0.2, -0.15) is 13.5 Å². The molecule has 0 bridgehead atoms. The minimum Gasteiger partial charge on any atom is -0.361 e. The van der Waals surface area contributed by atoms with Gasteiger partial charge in [-0.05, 0) is 65.2 Å². The molecule has 0 fully saturated rings. The van der Waals surface area contributed by atoms with E-state index < -0.39 is 26.1 Å². The van der Waals surface area contributed by atoms with E-state index in [4.69, 9.17) is 4.18 Å². The summed E-state index contributed by atoms with van der Waals surface area (Å²) in [7, 11) is -3.97. The molecule has 10 heteroatoms.